The van der Waals surface area contributed by atoms with Crippen LogP contribution in [-0.2, 0) is 4.79 Å². The molecule has 12 heavy (non-hydrogen) atoms. The van der Waals surface area contributed by atoms with Crippen LogP contribution >= 0.6 is 0 Å². The fourth-order valence-corrected chi connectivity index (χ4v) is 3.07. The summed E-state index contributed by atoms with van der Waals surface area (Å²) in [5.74, 6) is 0.948. The molecule has 1 N–H and O–H groups in total. The predicted molar refractivity (Wildman–Crippen MR) is 45.6 cm³/mol. The van der Waals surface area contributed by atoms with E-state index < -0.39 is 5.60 Å². The molecule has 2 heteroatoms. The van der Waals surface area contributed by atoms with E-state index in [0.29, 0.717) is 6.42 Å². The molecule has 68 valence electrons. The molecule has 0 aromatic rings. The maximum absolute atomic E-state index is 10.8. The summed E-state index contributed by atoms with van der Waals surface area (Å²) in [5.41, 5.74) is -0.813. The Morgan fingerprint density at radius 2 is 2.17 bits per heavy atom. The first-order valence-corrected chi connectivity index (χ1v) is 4.69. The minimum Gasteiger partial charge on any atom is -0.382 e. The Balaban J connectivity index is 2.27. The van der Waals surface area contributed by atoms with Gasteiger partial charge in [0.05, 0.1) is 0 Å². The molecule has 2 nitrogen and oxygen atoms in total. The maximum atomic E-state index is 10.8. The Hall–Kier alpha value is -0.370. The van der Waals surface area contributed by atoms with Gasteiger partial charge in [0.1, 0.15) is 5.60 Å². The molecule has 3 unspecified atom stereocenters. The Morgan fingerprint density at radius 3 is 2.50 bits per heavy atom. The molecule has 3 fully saturated rings. The highest BCUT2D eigenvalue weighted by atomic mass is 16.3. The largest absolute Gasteiger partial charge is 0.382 e. The summed E-state index contributed by atoms with van der Waals surface area (Å²) in [5, 5.41) is 9.95. The monoisotopic (exact) mass is 168 g/mol. The average molecular weight is 168 g/mol. The highest BCUT2D eigenvalue weighted by Gasteiger charge is 2.60. The van der Waals surface area contributed by atoms with Gasteiger partial charge in [-0.1, -0.05) is 13.8 Å². The summed E-state index contributed by atoms with van der Waals surface area (Å²) in [6.45, 7) is 4.33. The molecule has 3 rings (SSSR count). The lowest BCUT2D eigenvalue weighted by atomic mass is 9.44. The van der Waals surface area contributed by atoms with Crippen molar-refractivity contribution in [3.05, 3.63) is 0 Å². The zero-order chi connectivity index (χ0) is 8.98. The Bertz CT molecular complexity index is 220. The quantitative estimate of drug-likeness (QED) is 0.600. The summed E-state index contributed by atoms with van der Waals surface area (Å²) in [6.07, 6.45) is 3.49. The van der Waals surface area contributed by atoms with Crippen molar-refractivity contribution in [2.45, 2.75) is 38.7 Å². The number of rotatable bonds is 1. The van der Waals surface area contributed by atoms with Crippen LogP contribution in [0.15, 0.2) is 0 Å². The fourth-order valence-electron chi connectivity index (χ4n) is 3.07. The van der Waals surface area contributed by atoms with Crippen LogP contribution in [0, 0.1) is 17.3 Å². The van der Waals surface area contributed by atoms with Crippen molar-refractivity contribution in [3.63, 3.8) is 0 Å². The van der Waals surface area contributed by atoms with E-state index >= 15 is 0 Å². The fraction of sp³-hybridized carbons (Fsp3) is 0.900. The second-order valence-corrected chi connectivity index (χ2v) is 4.95. The lowest BCUT2D eigenvalue weighted by Gasteiger charge is -2.61. The van der Waals surface area contributed by atoms with Gasteiger partial charge in [0.2, 0.25) is 0 Å². The summed E-state index contributed by atoms with van der Waals surface area (Å²) >= 11 is 0. The van der Waals surface area contributed by atoms with Crippen LogP contribution in [0.5, 0.6) is 0 Å². The van der Waals surface area contributed by atoms with E-state index in [-0.39, 0.29) is 11.3 Å². The van der Waals surface area contributed by atoms with Crippen molar-refractivity contribution in [1.29, 1.82) is 0 Å². The van der Waals surface area contributed by atoms with Crippen molar-refractivity contribution >= 4 is 6.29 Å². The van der Waals surface area contributed by atoms with Gasteiger partial charge >= 0.3 is 0 Å². The van der Waals surface area contributed by atoms with Crippen LogP contribution < -0.4 is 0 Å². The average Bonchev–Trinajstić information content (AvgIpc) is 2.04. The summed E-state index contributed by atoms with van der Waals surface area (Å²) in [6, 6.07) is 0. The molecular weight excluding hydrogens is 152 g/mol. The third-order valence-corrected chi connectivity index (χ3v) is 4.17. The molecule has 0 spiro atoms. The smallest absolute Gasteiger partial charge is 0.151 e. The van der Waals surface area contributed by atoms with Gasteiger partial charge in [-0.25, -0.2) is 0 Å². The van der Waals surface area contributed by atoms with Gasteiger partial charge in [-0.05, 0) is 30.6 Å². The second-order valence-electron chi connectivity index (χ2n) is 4.95. The summed E-state index contributed by atoms with van der Waals surface area (Å²) in [4.78, 5) is 10.8. The number of fused-ring (bicyclic) bond motifs is 2. The zero-order valence-electron chi connectivity index (χ0n) is 7.71. The van der Waals surface area contributed by atoms with E-state index in [1.165, 1.54) is 0 Å². The van der Waals surface area contributed by atoms with Gasteiger partial charge in [-0.3, -0.25) is 0 Å². The van der Waals surface area contributed by atoms with Crippen LogP contribution in [-0.4, -0.2) is 17.0 Å². The van der Waals surface area contributed by atoms with E-state index in [4.69, 9.17) is 0 Å². The van der Waals surface area contributed by atoms with Gasteiger partial charge in [0.15, 0.2) is 6.29 Å². The first kappa shape index (κ1) is 8.24. The van der Waals surface area contributed by atoms with E-state index in [2.05, 4.69) is 13.8 Å². The molecule has 0 aromatic heterocycles. The van der Waals surface area contributed by atoms with Crippen LogP contribution in [0.2, 0.25) is 0 Å². The van der Waals surface area contributed by atoms with Crippen molar-refractivity contribution in [2.75, 3.05) is 0 Å². The maximum Gasteiger partial charge on any atom is 0.151 e. The molecular formula is C10H16O2. The Morgan fingerprint density at radius 1 is 1.50 bits per heavy atom. The number of hydrogen-bond donors (Lipinski definition) is 1. The minimum atomic E-state index is -1.00. The number of aliphatic hydroxyl groups is 1. The molecule has 0 saturated heterocycles. The van der Waals surface area contributed by atoms with Crippen LogP contribution in [0.3, 0.4) is 0 Å². The van der Waals surface area contributed by atoms with Gasteiger partial charge in [0, 0.05) is 5.92 Å². The Labute approximate surface area is 73.0 Å². The highest BCUT2D eigenvalue weighted by molar-refractivity contribution is 5.64. The standard InChI is InChI=1S/C10H16O2/c1-9(2)7-3-4-10(12,6-11)8(9)5-7/h6-8,12H,3-5H2,1-2H3. The first-order valence-electron chi connectivity index (χ1n) is 4.69. The lowest BCUT2D eigenvalue weighted by Crippen LogP contribution is -2.62. The minimum absolute atomic E-state index is 0.188. The molecule has 3 aliphatic rings. The number of carbonyl (C=O) groups excluding carboxylic acids is 1. The molecule has 2 bridgehead atoms. The molecule has 0 heterocycles. The number of aldehydes is 1. The molecule has 3 saturated carbocycles. The van der Waals surface area contributed by atoms with Crippen LogP contribution in [0.1, 0.15) is 33.1 Å². The molecule has 0 aliphatic heterocycles. The van der Waals surface area contributed by atoms with Gasteiger partial charge in [-0.2, -0.15) is 0 Å². The topological polar surface area (TPSA) is 37.3 Å². The summed E-state index contributed by atoms with van der Waals surface area (Å²) in [7, 11) is 0. The second kappa shape index (κ2) is 2.11. The lowest BCUT2D eigenvalue weighted by molar-refractivity contribution is -0.194. The molecule has 3 aliphatic carbocycles. The van der Waals surface area contributed by atoms with Crippen molar-refractivity contribution in [2.24, 2.45) is 17.3 Å². The van der Waals surface area contributed by atoms with Crippen molar-refractivity contribution in [1.82, 2.24) is 0 Å². The van der Waals surface area contributed by atoms with Crippen molar-refractivity contribution < 1.29 is 9.90 Å². The zero-order valence-corrected chi connectivity index (χ0v) is 7.71. The molecule has 3 atom stereocenters. The summed E-state index contributed by atoms with van der Waals surface area (Å²) < 4.78 is 0. The number of hydrogen-bond acceptors (Lipinski definition) is 2. The third kappa shape index (κ3) is 0.764. The molecule has 0 amide bonds. The van der Waals surface area contributed by atoms with Crippen LogP contribution in [0.25, 0.3) is 0 Å². The SMILES string of the molecule is CC1(C)C2CCC(O)(C=O)C1C2. The predicted octanol–water partition coefficient (Wildman–Crippen LogP) is 1.37. The van der Waals surface area contributed by atoms with E-state index in [9.17, 15) is 9.90 Å². The normalized spacial score (nSPS) is 49.6. The number of carbonyl (C=O) groups is 1. The van der Waals surface area contributed by atoms with Crippen LogP contribution in [0.4, 0.5) is 0 Å². The first-order chi connectivity index (χ1) is 5.50. The Kier molecular flexibility index (Phi) is 1.45. The van der Waals surface area contributed by atoms with Crippen molar-refractivity contribution in [3.8, 4) is 0 Å². The van der Waals surface area contributed by atoms with E-state index in [0.717, 1.165) is 25.0 Å². The molecule has 0 radical (unpaired) electrons. The van der Waals surface area contributed by atoms with E-state index in [1.807, 2.05) is 0 Å². The molecule has 0 aromatic carbocycles. The third-order valence-electron chi connectivity index (χ3n) is 4.17. The van der Waals surface area contributed by atoms with Gasteiger partial charge in [-0.15, -0.1) is 0 Å². The van der Waals surface area contributed by atoms with E-state index in [1.54, 1.807) is 0 Å². The van der Waals surface area contributed by atoms with Gasteiger partial charge in [0.25, 0.3) is 0 Å². The highest BCUT2D eigenvalue weighted by Crippen LogP contribution is 2.62. The van der Waals surface area contributed by atoms with Gasteiger partial charge < -0.3 is 9.90 Å².